The largest absolute Gasteiger partial charge is 0.497 e. The molecule has 1 aliphatic rings. The van der Waals surface area contributed by atoms with Crippen molar-refractivity contribution in [3.63, 3.8) is 0 Å². The van der Waals surface area contributed by atoms with Gasteiger partial charge in [-0.05, 0) is 54.3 Å². The maximum Gasteiger partial charge on any atom is 0.118 e. The molecule has 0 bridgehead atoms. The van der Waals surface area contributed by atoms with Crippen molar-refractivity contribution < 1.29 is 4.74 Å². The van der Waals surface area contributed by atoms with Crippen LogP contribution in [0.25, 0.3) is 0 Å². The van der Waals surface area contributed by atoms with Crippen LogP contribution in [0.15, 0.2) is 24.3 Å². The third-order valence-electron chi connectivity index (χ3n) is 6.13. The summed E-state index contributed by atoms with van der Waals surface area (Å²) in [6.07, 6.45) is 2.66. The summed E-state index contributed by atoms with van der Waals surface area (Å²) in [6, 6.07) is 9.23. The Morgan fingerprint density at radius 2 is 1.82 bits per heavy atom. The van der Waals surface area contributed by atoms with Crippen molar-refractivity contribution in [1.29, 1.82) is 0 Å². The summed E-state index contributed by atoms with van der Waals surface area (Å²) in [5.41, 5.74) is 1.86. The van der Waals surface area contributed by atoms with Crippen molar-refractivity contribution in [2.24, 2.45) is 17.3 Å². The number of nitrogens with zero attached hydrogens (tertiary/aromatic N) is 1. The van der Waals surface area contributed by atoms with Crippen molar-refractivity contribution in [2.45, 2.75) is 60.0 Å². The Bertz CT molecular complexity index is 465. The van der Waals surface area contributed by atoms with Gasteiger partial charge in [0.05, 0.1) is 7.11 Å². The first kappa shape index (κ1) is 17.3. The highest BCUT2D eigenvalue weighted by Crippen LogP contribution is 2.45. The minimum Gasteiger partial charge on any atom is -0.497 e. The molecule has 1 aromatic carbocycles. The zero-order chi connectivity index (χ0) is 16.3. The Hall–Kier alpha value is -1.02. The van der Waals surface area contributed by atoms with Crippen LogP contribution >= 0.6 is 0 Å². The van der Waals surface area contributed by atoms with Gasteiger partial charge in [0.25, 0.3) is 0 Å². The first-order valence-corrected chi connectivity index (χ1v) is 8.76. The first-order chi connectivity index (χ1) is 10.4. The molecule has 0 N–H and O–H groups in total. The van der Waals surface area contributed by atoms with Crippen LogP contribution in [-0.2, 0) is 6.54 Å². The van der Waals surface area contributed by atoms with Crippen molar-refractivity contribution in [2.75, 3.05) is 13.7 Å². The fourth-order valence-electron chi connectivity index (χ4n) is 4.00. The van der Waals surface area contributed by atoms with E-state index >= 15 is 0 Å². The molecular weight excluding hydrogens is 270 g/mol. The predicted octanol–water partition coefficient (Wildman–Crippen LogP) is 4.98. The van der Waals surface area contributed by atoms with Crippen LogP contribution in [0, 0.1) is 17.3 Å². The molecule has 0 heterocycles. The molecule has 124 valence electrons. The average Bonchev–Trinajstić information content (AvgIpc) is 2.52. The van der Waals surface area contributed by atoms with E-state index in [0.29, 0.717) is 11.5 Å². The lowest BCUT2D eigenvalue weighted by Gasteiger charge is -2.49. The summed E-state index contributed by atoms with van der Waals surface area (Å²) < 4.78 is 5.26. The molecule has 0 radical (unpaired) electrons. The maximum absolute atomic E-state index is 5.26. The van der Waals surface area contributed by atoms with Crippen LogP contribution in [0.1, 0.15) is 53.0 Å². The second kappa shape index (κ2) is 7.04. The van der Waals surface area contributed by atoms with E-state index in [1.54, 1.807) is 7.11 Å². The second-order valence-electron chi connectivity index (χ2n) is 7.65. The minimum absolute atomic E-state index is 0.482. The van der Waals surface area contributed by atoms with Crippen LogP contribution in [0.2, 0.25) is 0 Å². The Labute approximate surface area is 136 Å². The summed E-state index contributed by atoms with van der Waals surface area (Å²) in [6.45, 7) is 14.2. The van der Waals surface area contributed by atoms with Gasteiger partial charge < -0.3 is 4.74 Å². The second-order valence-corrected chi connectivity index (χ2v) is 7.65. The van der Waals surface area contributed by atoms with Crippen molar-refractivity contribution >= 4 is 0 Å². The van der Waals surface area contributed by atoms with Crippen LogP contribution < -0.4 is 4.74 Å². The molecular formula is C20H33NO. The third-order valence-corrected chi connectivity index (χ3v) is 6.13. The van der Waals surface area contributed by atoms with Crippen LogP contribution in [0.5, 0.6) is 5.75 Å². The van der Waals surface area contributed by atoms with E-state index < -0.39 is 0 Å². The van der Waals surface area contributed by atoms with E-state index in [1.165, 1.54) is 18.4 Å². The van der Waals surface area contributed by atoms with Gasteiger partial charge in [0, 0.05) is 12.6 Å². The Kier molecular flexibility index (Phi) is 5.55. The zero-order valence-corrected chi connectivity index (χ0v) is 15.2. The summed E-state index contributed by atoms with van der Waals surface area (Å²) >= 11 is 0. The van der Waals surface area contributed by atoms with E-state index in [2.05, 4.69) is 63.8 Å². The van der Waals surface area contributed by atoms with E-state index in [4.69, 9.17) is 4.74 Å². The molecule has 0 aliphatic heterocycles. The molecule has 1 saturated carbocycles. The maximum atomic E-state index is 5.26. The van der Waals surface area contributed by atoms with Crippen molar-refractivity contribution in [1.82, 2.24) is 4.90 Å². The van der Waals surface area contributed by atoms with Crippen LogP contribution in [0.4, 0.5) is 0 Å². The fraction of sp³-hybridized carbons (Fsp3) is 0.700. The monoisotopic (exact) mass is 303 g/mol. The average molecular weight is 303 g/mol. The van der Waals surface area contributed by atoms with Gasteiger partial charge in [-0.3, -0.25) is 4.90 Å². The molecule has 3 atom stereocenters. The number of hydrogen-bond donors (Lipinski definition) is 0. The van der Waals surface area contributed by atoms with Gasteiger partial charge in [0.1, 0.15) is 5.75 Å². The Morgan fingerprint density at radius 1 is 1.18 bits per heavy atom. The highest BCUT2D eigenvalue weighted by Gasteiger charge is 2.40. The van der Waals surface area contributed by atoms with Crippen LogP contribution in [-0.4, -0.2) is 24.6 Å². The Balaban J connectivity index is 2.07. The fourth-order valence-corrected chi connectivity index (χ4v) is 4.00. The van der Waals surface area contributed by atoms with Gasteiger partial charge in [0.15, 0.2) is 0 Å². The lowest BCUT2D eigenvalue weighted by molar-refractivity contribution is 0.00825. The van der Waals surface area contributed by atoms with Gasteiger partial charge in [-0.1, -0.05) is 46.8 Å². The molecule has 22 heavy (non-hydrogen) atoms. The highest BCUT2D eigenvalue weighted by molar-refractivity contribution is 5.27. The first-order valence-electron chi connectivity index (χ1n) is 8.76. The Morgan fingerprint density at radius 3 is 2.36 bits per heavy atom. The van der Waals surface area contributed by atoms with Crippen LogP contribution in [0.3, 0.4) is 0 Å². The highest BCUT2D eigenvalue weighted by atomic mass is 16.5. The molecule has 0 spiro atoms. The normalized spacial score (nSPS) is 27.9. The molecule has 3 unspecified atom stereocenters. The summed E-state index contributed by atoms with van der Waals surface area (Å²) in [5.74, 6) is 2.46. The van der Waals surface area contributed by atoms with Gasteiger partial charge in [0.2, 0.25) is 0 Å². The SMILES string of the molecule is CCN(Cc1ccc(OC)cc1)C1CCC(C)(C)C(C)C1C. The molecule has 0 saturated heterocycles. The van der Waals surface area contributed by atoms with Gasteiger partial charge in [-0.15, -0.1) is 0 Å². The molecule has 1 fully saturated rings. The third kappa shape index (κ3) is 3.65. The van der Waals surface area contributed by atoms with E-state index in [9.17, 15) is 0 Å². The molecule has 1 aliphatic carbocycles. The topological polar surface area (TPSA) is 12.5 Å². The summed E-state index contributed by atoms with van der Waals surface area (Å²) in [7, 11) is 1.72. The zero-order valence-electron chi connectivity index (χ0n) is 15.2. The van der Waals surface area contributed by atoms with Crippen molar-refractivity contribution in [3.8, 4) is 5.75 Å². The quantitative estimate of drug-likeness (QED) is 0.761. The molecule has 0 aromatic heterocycles. The number of hydrogen-bond acceptors (Lipinski definition) is 2. The van der Waals surface area contributed by atoms with E-state index in [-0.39, 0.29) is 0 Å². The number of benzene rings is 1. The summed E-state index contributed by atoms with van der Waals surface area (Å²) in [5, 5.41) is 0. The molecule has 0 amide bonds. The molecule has 2 nitrogen and oxygen atoms in total. The number of rotatable bonds is 5. The number of methoxy groups -OCH3 is 1. The molecule has 2 rings (SSSR count). The van der Waals surface area contributed by atoms with Crippen molar-refractivity contribution in [3.05, 3.63) is 29.8 Å². The molecule has 1 aromatic rings. The smallest absolute Gasteiger partial charge is 0.118 e. The van der Waals surface area contributed by atoms with Gasteiger partial charge in [-0.25, -0.2) is 0 Å². The predicted molar refractivity (Wildman–Crippen MR) is 94.2 cm³/mol. The standard InChI is InChI=1S/C20H33NO/c1-7-21(14-17-8-10-18(22-6)11-9-17)19-12-13-20(4,5)16(3)15(19)2/h8-11,15-16,19H,7,12-14H2,1-6H3. The van der Waals surface area contributed by atoms with Gasteiger partial charge >= 0.3 is 0 Å². The molecule has 2 heteroatoms. The lowest BCUT2D eigenvalue weighted by atomic mass is 9.63. The minimum atomic E-state index is 0.482. The van der Waals surface area contributed by atoms with E-state index in [1.807, 2.05) is 0 Å². The lowest BCUT2D eigenvalue weighted by Crippen LogP contribution is -2.48. The van der Waals surface area contributed by atoms with Gasteiger partial charge in [-0.2, -0.15) is 0 Å². The summed E-state index contributed by atoms with van der Waals surface area (Å²) in [4.78, 5) is 2.66. The van der Waals surface area contributed by atoms with E-state index in [0.717, 1.165) is 30.7 Å². The number of ether oxygens (including phenoxy) is 1.